The van der Waals surface area contributed by atoms with Gasteiger partial charge in [-0.15, -0.1) is 0 Å². The summed E-state index contributed by atoms with van der Waals surface area (Å²) in [4.78, 5) is 53.6. The average Bonchev–Trinajstić information content (AvgIpc) is 3.15. The highest BCUT2D eigenvalue weighted by Crippen LogP contribution is 2.30. The summed E-state index contributed by atoms with van der Waals surface area (Å²) in [6.07, 6.45) is 1.67. The molecular weight excluding hydrogens is 506 g/mol. The molecule has 0 bridgehead atoms. The highest BCUT2D eigenvalue weighted by molar-refractivity contribution is 6.53. The molecule has 0 radical (unpaired) electrons. The van der Waals surface area contributed by atoms with Crippen LogP contribution < -0.4 is 15.1 Å². The summed E-state index contributed by atoms with van der Waals surface area (Å²) in [7, 11) is 1.67. The number of benzene rings is 3. The van der Waals surface area contributed by atoms with E-state index in [1.54, 1.807) is 31.3 Å². The number of unbranched alkanes of at least 4 members (excludes halogenated alkanes) is 1. The van der Waals surface area contributed by atoms with Gasteiger partial charge in [0.25, 0.3) is 17.7 Å². The van der Waals surface area contributed by atoms with Crippen molar-refractivity contribution in [2.75, 3.05) is 28.8 Å². The van der Waals surface area contributed by atoms with Crippen LogP contribution >= 0.6 is 11.6 Å². The molecule has 0 atom stereocenters. The van der Waals surface area contributed by atoms with E-state index in [4.69, 9.17) is 16.3 Å². The van der Waals surface area contributed by atoms with Crippen molar-refractivity contribution in [1.29, 1.82) is 0 Å². The Bertz CT molecular complexity index is 1400. The molecule has 8 nitrogen and oxygen atoms in total. The molecule has 9 heteroatoms. The van der Waals surface area contributed by atoms with Gasteiger partial charge in [-0.1, -0.05) is 49.2 Å². The Morgan fingerprint density at radius 2 is 1.63 bits per heavy atom. The number of hydrogen-bond acceptors (Lipinski definition) is 6. The highest BCUT2D eigenvalue weighted by Gasteiger charge is 2.39. The lowest BCUT2D eigenvalue weighted by Crippen LogP contribution is -2.32. The molecule has 1 aliphatic heterocycles. The number of amides is 3. The maximum Gasteiger partial charge on any atom is 0.338 e. The number of anilines is 3. The summed E-state index contributed by atoms with van der Waals surface area (Å²) < 4.78 is 5.19. The van der Waals surface area contributed by atoms with E-state index in [1.807, 2.05) is 37.3 Å². The molecule has 0 saturated heterocycles. The van der Waals surface area contributed by atoms with Crippen molar-refractivity contribution in [2.24, 2.45) is 0 Å². The number of imide groups is 1. The van der Waals surface area contributed by atoms with Gasteiger partial charge >= 0.3 is 5.97 Å². The van der Waals surface area contributed by atoms with Gasteiger partial charge in [-0.25, -0.2) is 9.69 Å². The zero-order valence-corrected chi connectivity index (χ0v) is 21.7. The second-order valence-corrected chi connectivity index (χ2v) is 8.95. The molecule has 1 N–H and O–H groups in total. The van der Waals surface area contributed by atoms with Gasteiger partial charge in [0.05, 0.1) is 17.9 Å². The lowest BCUT2D eigenvalue weighted by molar-refractivity contribution is -0.120. The second kappa shape index (κ2) is 11.7. The number of halogens is 1. The minimum atomic E-state index is -0.700. The first kappa shape index (κ1) is 26.6. The molecule has 194 valence electrons. The van der Waals surface area contributed by atoms with Gasteiger partial charge in [0.2, 0.25) is 0 Å². The topological polar surface area (TPSA) is 96.0 Å². The number of nitrogens with zero attached hydrogens (tertiary/aromatic N) is 2. The van der Waals surface area contributed by atoms with Crippen LogP contribution in [0.4, 0.5) is 17.1 Å². The molecule has 4 rings (SSSR count). The van der Waals surface area contributed by atoms with Crippen molar-refractivity contribution in [3.8, 4) is 0 Å². The number of nitrogens with one attached hydrogen (secondary N) is 1. The van der Waals surface area contributed by atoms with Crippen LogP contribution in [0.3, 0.4) is 0 Å². The van der Waals surface area contributed by atoms with Crippen molar-refractivity contribution in [3.05, 3.63) is 101 Å². The van der Waals surface area contributed by atoms with Gasteiger partial charge in [0.1, 0.15) is 10.7 Å². The number of para-hydroxylation sites is 1. The van der Waals surface area contributed by atoms with Crippen LogP contribution in [0, 0.1) is 0 Å². The second-order valence-electron chi connectivity index (χ2n) is 8.58. The number of rotatable bonds is 9. The molecule has 0 unspecified atom stereocenters. The van der Waals surface area contributed by atoms with E-state index in [2.05, 4.69) is 5.32 Å². The maximum absolute atomic E-state index is 13.2. The van der Waals surface area contributed by atoms with Crippen LogP contribution in [-0.4, -0.2) is 37.3 Å². The van der Waals surface area contributed by atoms with Gasteiger partial charge in [-0.05, 0) is 61.0 Å². The molecule has 3 aromatic carbocycles. The van der Waals surface area contributed by atoms with Crippen molar-refractivity contribution in [1.82, 2.24) is 0 Å². The zero-order valence-electron chi connectivity index (χ0n) is 20.9. The van der Waals surface area contributed by atoms with Crippen LogP contribution in [0.1, 0.15) is 40.5 Å². The van der Waals surface area contributed by atoms with E-state index in [-0.39, 0.29) is 22.3 Å². The Morgan fingerprint density at radius 1 is 0.921 bits per heavy atom. The molecule has 3 aromatic rings. The van der Waals surface area contributed by atoms with Crippen molar-refractivity contribution < 1.29 is 23.9 Å². The Kier molecular flexibility index (Phi) is 8.23. The third-order valence-electron chi connectivity index (χ3n) is 5.95. The van der Waals surface area contributed by atoms with Crippen molar-refractivity contribution >= 4 is 52.4 Å². The minimum absolute atomic E-state index is 0.110. The summed E-state index contributed by atoms with van der Waals surface area (Å²) in [6.45, 7) is 2.32. The third kappa shape index (κ3) is 5.60. The van der Waals surface area contributed by atoms with E-state index in [0.29, 0.717) is 23.4 Å². The van der Waals surface area contributed by atoms with E-state index < -0.39 is 17.8 Å². The number of carbonyl (C=O) groups is 4. The first-order valence-corrected chi connectivity index (χ1v) is 12.5. The predicted molar refractivity (Wildman–Crippen MR) is 146 cm³/mol. The standard InChI is InChI=1S/C29H26ClN3O5/c1-3-4-17-38-29(37)19-13-15-23(16-14-19)33-27(35)24(30)25(28(33)36)31-21-10-8-9-20(18-21)26(34)32(2)22-11-6-5-7-12-22/h5-16,18,31H,3-4,17H2,1-2H3. The quantitative estimate of drug-likeness (QED) is 0.227. The Labute approximate surface area is 225 Å². The summed E-state index contributed by atoms with van der Waals surface area (Å²) in [6, 6.07) is 21.7. The van der Waals surface area contributed by atoms with Gasteiger partial charge in [-0.2, -0.15) is 0 Å². The number of carbonyl (C=O) groups excluding carboxylic acids is 4. The first-order chi connectivity index (χ1) is 18.3. The van der Waals surface area contributed by atoms with Crippen molar-refractivity contribution in [2.45, 2.75) is 19.8 Å². The molecule has 38 heavy (non-hydrogen) atoms. The number of ether oxygens (including phenoxy) is 1. The smallest absolute Gasteiger partial charge is 0.338 e. The first-order valence-electron chi connectivity index (χ1n) is 12.1. The van der Waals surface area contributed by atoms with E-state index in [0.717, 1.165) is 23.4 Å². The molecule has 3 amide bonds. The molecule has 0 fully saturated rings. The fourth-order valence-corrected chi connectivity index (χ4v) is 4.03. The predicted octanol–water partition coefficient (Wildman–Crippen LogP) is 5.36. The van der Waals surface area contributed by atoms with Crippen LogP contribution in [0.5, 0.6) is 0 Å². The fourth-order valence-electron chi connectivity index (χ4n) is 3.82. The molecule has 0 aromatic heterocycles. The lowest BCUT2D eigenvalue weighted by atomic mass is 10.1. The molecule has 0 spiro atoms. The Hall–Kier alpha value is -4.43. The van der Waals surface area contributed by atoms with E-state index in [9.17, 15) is 19.2 Å². The average molecular weight is 532 g/mol. The largest absolute Gasteiger partial charge is 0.462 e. The minimum Gasteiger partial charge on any atom is -0.462 e. The summed E-state index contributed by atoms with van der Waals surface area (Å²) in [5, 5.41) is 2.61. The SMILES string of the molecule is CCCCOC(=O)c1ccc(N2C(=O)C(Cl)=C(Nc3cccc(C(=O)N(C)c4ccccc4)c3)C2=O)cc1. The van der Waals surface area contributed by atoms with E-state index >= 15 is 0 Å². The van der Waals surface area contributed by atoms with Crippen LogP contribution in [-0.2, 0) is 14.3 Å². The van der Waals surface area contributed by atoms with Gasteiger partial charge in [0.15, 0.2) is 0 Å². The molecular formula is C29H26ClN3O5. The number of hydrogen-bond donors (Lipinski definition) is 1. The molecule has 1 heterocycles. The molecule has 1 aliphatic rings. The fraction of sp³-hybridized carbons (Fsp3) is 0.172. The molecule has 0 aliphatic carbocycles. The Morgan fingerprint density at radius 3 is 2.32 bits per heavy atom. The Balaban J connectivity index is 1.49. The van der Waals surface area contributed by atoms with Crippen molar-refractivity contribution in [3.63, 3.8) is 0 Å². The van der Waals surface area contributed by atoms with Gasteiger partial charge < -0.3 is 15.0 Å². The summed E-state index contributed by atoms with van der Waals surface area (Å²) in [5.74, 6) is -2.08. The zero-order chi connectivity index (χ0) is 27.2. The normalized spacial score (nSPS) is 13.1. The summed E-state index contributed by atoms with van der Waals surface area (Å²) >= 11 is 6.26. The van der Waals surface area contributed by atoms with Crippen LogP contribution in [0.2, 0.25) is 0 Å². The highest BCUT2D eigenvalue weighted by atomic mass is 35.5. The number of esters is 1. The van der Waals surface area contributed by atoms with Gasteiger partial charge in [0, 0.05) is 24.0 Å². The summed E-state index contributed by atoms with van der Waals surface area (Å²) in [5.41, 5.74) is 1.98. The van der Waals surface area contributed by atoms with Crippen LogP contribution in [0.25, 0.3) is 0 Å². The van der Waals surface area contributed by atoms with Gasteiger partial charge in [-0.3, -0.25) is 14.4 Å². The third-order valence-corrected chi connectivity index (χ3v) is 6.30. The monoisotopic (exact) mass is 531 g/mol. The molecule has 0 saturated carbocycles. The maximum atomic E-state index is 13.2. The van der Waals surface area contributed by atoms with Crippen LogP contribution in [0.15, 0.2) is 89.6 Å². The van der Waals surface area contributed by atoms with E-state index in [1.165, 1.54) is 29.2 Å². The lowest BCUT2D eigenvalue weighted by Gasteiger charge is -2.18.